The molecule has 0 aliphatic carbocycles. The van der Waals surface area contributed by atoms with E-state index in [1.54, 1.807) is 34.2 Å². The Morgan fingerprint density at radius 3 is 1.51 bits per heavy atom. The zero-order valence-corrected chi connectivity index (χ0v) is 31.7. The van der Waals surface area contributed by atoms with Crippen LogP contribution in [0.3, 0.4) is 0 Å². The van der Waals surface area contributed by atoms with Crippen molar-refractivity contribution in [1.29, 1.82) is 0 Å². The Morgan fingerprint density at radius 2 is 1.12 bits per heavy atom. The number of nitrogens with one attached hydrogen (secondary N) is 3. The summed E-state index contributed by atoms with van der Waals surface area (Å²) in [5.74, 6) is 2.61. The molecule has 0 spiro atoms. The van der Waals surface area contributed by atoms with E-state index in [9.17, 15) is 5.11 Å². The first-order chi connectivity index (χ1) is 24.2. The predicted molar refractivity (Wildman–Crippen MR) is 200 cm³/mol. The van der Waals surface area contributed by atoms with Crippen LogP contribution in [0.4, 0.5) is 34.9 Å². The largest absolute Gasteiger partial charge is 0.395 e. The van der Waals surface area contributed by atoms with Crippen molar-refractivity contribution >= 4 is 58.1 Å². The molecule has 0 bridgehead atoms. The normalized spacial score (nSPS) is 28.5. The first-order valence-corrected chi connectivity index (χ1v) is 18.1. The van der Waals surface area contributed by atoms with Crippen molar-refractivity contribution in [2.45, 2.75) is 27.7 Å². The fourth-order valence-electron chi connectivity index (χ4n) is 8.35. The van der Waals surface area contributed by atoms with Crippen LogP contribution < -0.4 is 25.8 Å². The van der Waals surface area contributed by atoms with Gasteiger partial charge in [-0.15, -0.1) is 0 Å². The lowest BCUT2D eigenvalue weighted by Crippen LogP contribution is -2.34. The summed E-state index contributed by atoms with van der Waals surface area (Å²) < 4.78 is 3.45. The number of aromatic nitrogens is 8. The Morgan fingerprint density at radius 1 is 0.686 bits per heavy atom. The zero-order valence-electron chi connectivity index (χ0n) is 30.2. The molecule has 0 saturated carbocycles. The lowest BCUT2D eigenvalue weighted by Gasteiger charge is -2.30. The molecule has 0 radical (unpaired) electrons. The van der Waals surface area contributed by atoms with Gasteiger partial charge in [-0.05, 0) is 0 Å². The first-order valence-electron chi connectivity index (χ1n) is 17.3. The topological polar surface area (TPSA) is 153 Å². The van der Waals surface area contributed by atoms with E-state index in [-0.39, 0.29) is 28.3 Å². The maximum atomic E-state index is 9.28. The van der Waals surface area contributed by atoms with E-state index in [2.05, 4.69) is 88.5 Å². The van der Waals surface area contributed by atoms with Gasteiger partial charge in [-0.1, -0.05) is 50.9 Å². The third-order valence-corrected chi connectivity index (χ3v) is 12.2. The minimum absolute atomic E-state index is 0.132. The number of nitrogens with zero attached hydrogens (tertiary/aromatic N) is 11. The van der Waals surface area contributed by atoms with E-state index in [4.69, 9.17) is 23.2 Å². The van der Waals surface area contributed by atoms with Gasteiger partial charge in [-0.25, -0.2) is 9.97 Å². The molecule has 4 aliphatic rings. The van der Waals surface area contributed by atoms with Crippen molar-refractivity contribution in [3.8, 4) is 0 Å². The monoisotopic (exact) mass is 738 g/mol. The number of likely N-dealkylation sites (tertiary alicyclic amines) is 1. The van der Waals surface area contributed by atoms with Gasteiger partial charge in [0.05, 0.1) is 42.8 Å². The van der Waals surface area contributed by atoms with E-state index >= 15 is 0 Å². The fraction of sp³-hybridized carbons (Fsp3) is 0.588. The predicted octanol–water partition coefficient (Wildman–Crippen LogP) is 3.79. The molecule has 4 atom stereocenters. The number of β-amino-alcohol motifs (C(OH)–C–C–N with tert-alkyl or cyclic N) is 1. The van der Waals surface area contributed by atoms with Gasteiger partial charge < -0.3 is 30.9 Å². The summed E-state index contributed by atoms with van der Waals surface area (Å²) in [6.45, 7) is 18.0. The number of aryl methyl sites for hydroxylation is 2. The quantitative estimate of drug-likeness (QED) is 0.208. The molecule has 15 nitrogen and oxygen atoms in total. The number of anilines is 6. The van der Waals surface area contributed by atoms with E-state index in [0.29, 0.717) is 21.9 Å². The van der Waals surface area contributed by atoms with Crippen molar-refractivity contribution in [1.82, 2.24) is 49.7 Å². The molecule has 8 heterocycles. The summed E-state index contributed by atoms with van der Waals surface area (Å²) in [4.78, 5) is 24.9. The second-order valence-corrected chi connectivity index (χ2v) is 16.6. The molecular weight excluding hydrogens is 691 g/mol. The summed E-state index contributed by atoms with van der Waals surface area (Å²) >= 11 is 12.9. The van der Waals surface area contributed by atoms with Crippen LogP contribution in [-0.4, -0.2) is 115 Å². The molecule has 0 aromatic carbocycles. The third-order valence-electron chi connectivity index (χ3n) is 11.6. The molecule has 0 amide bonds. The van der Waals surface area contributed by atoms with E-state index < -0.39 is 0 Å². The average molecular weight is 740 g/mol. The summed E-state index contributed by atoms with van der Waals surface area (Å²) in [5.41, 5.74) is 2.42. The minimum Gasteiger partial charge on any atom is -0.395 e. The number of aliphatic hydroxyl groups is 1. The standard InChI is InChI=1S/C18H26ClN7O.C16H22ClN7/c1-17-9-25(4-5-27)10-18(17,2)12-26(11-17)15-14(19)7-20-16(23-15)22-13-6-21-24(3)8-13;1-15-7-18-8-16(15,2)10-24(9-15)13-12(17)5-19-14(22-13)21-11-4-20-23(3)6-11/h6-8,27H,4-5,9-12H2,1-3H3,(H,20,22,23);4-6,18H,7-10H2,1-3H3,(H,19,21,22)/t17-,18+;15-,16+. The second-order valence-electron chi connectivity index (χ2n) is 15.8. The van der Waals surface area contributed by atoms with Gasteiger partial charge in [0, 0.05) is 107 Å². The zero-order chi connectivity index (χ0) is 36.2. The van der Waals surface area contributed by atoms with Crippen molar-refractivity contribution in [3.63, 3.8) is 0 Å². The molecule has 4 fully saturated rings. The summed E-state index contributed by atoms with van der Waals surface area (Å²) in [6, 6.07) is 0. The average Bonchev–Trinajstić information content (AvgIpc) is 3.87. The van der Waals surface area contributed by atoms with Gasteiger partial charge in [-0.2, -0.15) is 20.2 Å². The molecule has 0 unspecified atom stereocenters. The highest BCUT2D eigenvalue weighted by Crippen LogP contribution is 2.53. The highest BCUT2D eigenvalue weighted by molar-refractivity contribution is 6.33. The van der Waals surface area contributed by atoms with Gasteiger partial charge in [0.15, 0.2) is 11.6 Å². The first kappa shape index (κ1) is 35.6. The summed E-state index contributed by atoms with van der Waals surface area (Å²) in [6.07, 6.45) is 10.5. The van der Waals surface area contributed by atoms with Gasteiger partial charge >= 0.3 is 0 Å². The lowest BCUT2D eigenvalue weighted by atomic mass is 9.71. The van der Waals surface area contributed by atoms with E-state index in [1.165, 1.54) is 0 Å². The Kier molecular flexibility index (Phi) is 9.32. The smallest absolute Gasteiger partial charge is 0.229 e. The van der Waals surface area contributed by atoms with E-state index in [0.717, 1.165) is 81.9 Å². The maximum Gasteiger partial charge on any atom is 0.229 e. The lowest BCUT2D eigenvalue weighted by molar-refractivity contribution is 0.206. The number of aliphatic hydroxyl groups excluding tert-OH is 1. The summed E-state index contributed by atoms with van der Waals surface area (Å²) in [7, 11) is 3.74. The Balaban J connectivity index is 0.000000160. The van der Waals surface area contributed by atoms with Gasteiger partial charge in [-0.3, -0.25) is 14.3 Å². The van der Waals surface area contributed by atoms with Crippen molar-refractivity contribution < 1.29 is 5.11 Å². The third kappa shape index (κ3) is 6.81. The van der Waals surface area contributed by atoms with Gasteiger partial charge in [0.25, 0.3) is 0 Å². The highest BCUT2D eigenvalue weighted by atomic mass is 35.5. The van der Waals surface area contributed by atoms with E-state index in [1.807, 2.05) is 26.5 Å². The molecule has 51 heavy (non-hydrogen) atoms. The number of hydrogen-bond acceptors (Lipinski definition) is 13. The van der Waals surface area contributed by atoms with Gasteiger partial charge in [0.1, 0.15) is 10.0 Å². The molecule has 8 rings (SSSR count). The fourth-order valence-corrected chi connectivity index (χ4v) is 8.77. The van der Waals surface area contributed by atoms with Crippen LogP contribution in [0, 0.1) is 21.7 Å². The van der Waals surface area contributed by atoms with Crippen LogP contribution in [0.15, 0.2) is 37.2 Å². The van der Waals surface area contributed by atoms with Crippen molar-refractivity contribution in [3.05, 3.63) is 47.2 Å². The van der Waals surface area contributed by atoms with Crippen LogP contribution in [0.1, 0.15) is 27.7 Å². The maximum absolute atomic E-state index is 9.28. The molecule has 4 aliphatic heterocycles. The van der Waals surface area contributed by atoms with Gasteiger partial charge in [0.2, 0.25) is 11.9 Å². The van der Waals surface area contributed by atoms with Crippen LogP contribution >= 0.6 is 23.2 Å². The number of hydrogen-bond donors (Lipinski definition) is 4. The molecule has 4 saturated heterocycles. The minimum atomic E-state index is 0.132. The Labute approximate surface area is 308 Å². The Hall–Kier alpha value is -3.76. The van der Waals surface area contributed by atoms with Crippen LogP contribution in [0.5, 0.6) is 0 Å². The van der Waals surface area contributed by atoms with Crippen molar-refractivity contribution in [2.24, 2.45) is 35.8 Å². The molecule has 17 heteroatoms. The molecule has 4 aromatic rings. The molecular formula is C34H48Cl2N14O. The molecule has 274 valence electrons. The molecule has 4 aromatic heterocycles. The number of rotatable bonds is 8. The Bertz CT molecular complexity index is 1850. The van der Waals surface area contributed by atoms with Crippen molar-refractivity contribution in [2.75, 3.05) is 85.9 Å². The summed E-state index contributed by atoms with van der Waals surface area (Å²) in [5, 5.41) is 28.6. The number of fused-ring (bicyclic) bond motifs is 2. The second kappa shape index (κ2) is 13.3. The van der Waals surface area contributed by atoms with Crippen LogP contribution in [0.2, 0.25) is 10.0 Å². The highest BCUT2D eigenvalue weighted by Gasteiger charge is 2.58. The molecule has 4 N–H and O–H groups in total. The SMILES string of the molecule is Cn1cc(Nc2ncc(Cl)c(N3C[C@]4(C)CN(CCO)C[C@]4(C)C3)n2)cn1.Cn1cc(Nc2ncc(Cl)c(N3C[C@]4(C)CNC[C@]4(C)C3)n2)cn1. The number of halogens is 2. The van der Waals surface area contributed by atoms with Crippen LogP contribution in [0.25, 0.3) is 0 Å². The van der Waals surface area contributed by atoms with Crippen LogP contribution in [-0.2, 0) is 14.1 Å².